The second-order valence-electron chi connectivity index (χ2n) is 4.54. The highest BCUT2D eigenvalue weighted by atomic mass is 32.1. The Kier molecular flexibility index (Phi) is 4.87. The van der Waals surface area contributed by atoms with E-state index in [9.17, 15) is 4.79 Å². The van der Waals surface area contributed by atoms with E-state index < -0.39 is 0 Å². The summed E-state index contributed by atoms with van der Waals surface area (Å²) in [6.07, 6.45) is 1.99. The lowest BCUT2D eigenvalue weighted by molar-refractivity contribution is 0.0996. The Bertz CT molecular complexity index is 671. The van der Waals surface area contributed by atoms with Crippen molar-refractivity contribution in [2.45, 2.75) is 20.4 Å². The molecule has 1 aromatic carbocycles. The first-order valence-corrected chi connectivity index (χ1v) is 7.24. The Morgan fingerprint density at radius 3 is 2.80 bits per heavy atom. The van der Waals surface area contributed by atoms with Crippen LogP contribution in [-0.2, 0) is 11.3 Å². The maximum atomic E-state index is 12.3. The van der Waals surface area contributed by atoms with E-state index in [0.717, 1.165) is 10.4 Å². The SMILES string of the molecule is COCCn1cc(C)s/c1=N\C(=O)c1ccccc1C. The molecule has 2 rings (SSSR count). The van der Waals surface area contributed by atoms with E-state index in [4.69, 9.17) is 4.74 Å². The number of ether oxygens (including phenoxy) is 1. The van der Waals surface area contributed by atoms with Crippen molar-refractivity contribution in [3.8, 4) is 0 Å². The molecule has 0 aliphatic carbocycles. The molecule has 1 amide bonds. The van der Waals surface area contributed by atoms with Gasteiger partial charge in [-0.3, -0.25) is 4.79 Å². The zero-order valence-electron chi connectivity index (χ0n) is 11.9. The van der Waals surface area contributed by atoms with Crippen molar-refractivity contribution in [3.63, 3.8) is 0 Å². The van der Waals surface area contributed by atoms with Crippen molar-refractivity contribution in [1.29, 1.82) is 0 Å². The molecule has 0 aliphatic heterocycles. The first-order chi connectivity index (χ1) is 9.61. The topological polar surface area (TPSA) is 43.6 Å². The summed E-state index contributed by atoms with van der Waals surface area (Å²) >= 11 is 1.51. The third-order valence-corrected chi connectivity index (χ3v) is 3.88. The molecule has 0 atom stereocenters. The monoisotopic (exact) mass is 290 g/mol. The summed E-state index contributed by atoms with van der Waals surface area (Å²) < 4.78 is 7.03. The molecule has 20 heavy (non-hydrogen) atoms. The van der Waals surface area contributed by atoms with E-state index in [0.29, 0.717) is 23.5 Å². The molecular formula is C15H18N2O2S. The van der Waals surface area contributed by atoms with E-state index in [1.165, 1.54) is 11.3 Å². The van der Waals surface area contributed by atoms with Gasteiger partial charge in [0.05, 0.1) is 6.61 Å². The van der Waals surface area contributed by atoms with Crippen LogP contribution in [-0.4, -0.2) is 24.2 Å². The summed E-state index contributed by atoms with van der Waals surface area (Å²) in [6, 6.07) is 7.50. The molecule has 0 radical (unpaired) electrons. The summed E-state index contributed by atoms with van der Waals surface area (Å²) in [5.74, 6) is -0.198. The minimum Gasteiger partial charge on any atom is -0.383 e. The molecule has 0 saturated carbocycles. The Labute approximate surface area is 122 Å². The van der Waals surface area contributed by atoms with Gasteiger partial charge < -0.3 is 9.30 Å². The summed E-state index contributed by atoms with van der Waals surface area (Å²) in [7, 11) is 1.66. The predicted molar refractivity (Wildman–Crippen MR) is 80.0 cm³/mol. The van der Waals surface area contributed by atoms with E-state index in [-0.39, 0.29) is 5.91 Å². The Balaban J connectivity index is 2.35. The van der Waals surface area contributed by atoms with Crippen LogP contribution >= 0.6 is 11.3 Å². The number of hydrogen-bond acceptors (Lipinski definition) is 3. The molecule has 0 aliphatic rings. The average molecular weight is 290 g/mol. The maximum Gasteiger partial charge on any atom is 0.279 e. The number of carbonyl (C=O) groups excluding carboxylic acids is 1. The molecule has 5 heteroatoms. The van der Waals surface area contributed by atoms with Crippen LogP contribution in [0.2, 0.25) is 0 Å². The highest BCUT2D eigenvalue weighted by molar-refractivity contribution is 7.09. The third-order valence-electron chi connectivity index (χ3n) is 2.94. The van der Waals surface area contributed by atoms with Crippen molar-refractivity contribution < 1.29 is 9.53 Å². The fraction of sp³-hybridized carbons (Fsp3) is 0.333. The van der Waals surface area contributed by atoms with Gasteiger partial charge in [-0.05, 0) is 25.5 Å². The van der Waals surface area contributed by atoms with Crippen molar-refractivity contribution in [2.24, 2.45) is 4.99 Å². The fourth-order valence-corrected chi connectivity index (χ4v) is 2.76. The summed E-state index contributed by atoms with van der Waals surface area (Å²) in [6.45, 7) is 5.22. The van der Waals surface area contributed by atoms with Crippen LogP contribution in [0.25, 0.3) is 0 Å². The molecular weight excluding hydrogens is 272 g/mol. The molecule has 0 spiro atoms. The van der Waals surface area contributed by atoms with Crippen LogP contribution in [0, 0.1) is 13.8 Å². The van der Waals surface area contributed by atoms with Crippen LogP contribution in [0.3, 0.4) is 0 Å². The third kappa shape index (κ3) is 3.43. The maximum absolute atomic E-state index is 12.3. The van der Waals surface area contributed by atoms with Gasteiger partial charge in [0.25, 0.3) is 5.91 Å². The molecule has 106 valence electrons. The zero-order valence-corrected chi connectivity index (χ0v) is 12.7. The van der Waals surface area contributed by atoms with Crippen LogP contribution in [0.15, 0.2) is 35.5 Å². The predicted octanol–water partition coefficient (Wildman–Crippen LogP) is 2.55. The lowest BCUT2D eigenvalue weighted by atomic mass is 10.1. The van der Waals surface area contributed by atoms with Gasteiger partial charge >= 0.3 is 0 Å². The summed E-state index contributed by atoms with van der Waals surface area (Å²) in [5.41, 5.74) is 1.59. The lowest BCUT2D eigenvalue weighted by Gasteiger charge is -2.02. The van der Waals surface area contributed by atoms with Gasteiger partial charge in [-0.25, -0.2) is 0 Å². The van der Waals surface area contributed by atoms with E-state index >= 15 is 0 Å². The molecule has 0 fully saturated rings. The number of nitrogens with zero attached hydrogens (tertiary/aromatic N) is 2. The van der Waals surface area contributed by atoms with Crippen molar-refractivity contribution in [1.82, 2.24) is 4.57 Å². The molecule has 2 aromatic rings. The van der Waals surface area contributed by atoms with Gasteiger partial charge in [0.15, 0.2) is 4.80 Å². The van der Waals surface area contributed by atoms with Crippen molar-refractivity contribution >= 4 is 17.2 Å². The van der Waals surface area contributed by atoms with E-state index in [1.807, 2.05) is 42.8 Å². The average Bonchev–Trinajstić information content (AvgIpc) is 2.76. The number of rotatable bonds is 4. The number of methoxy groups -OCH3 is 1. The Morgan fingerprint density at radius 2 is 2.10 bits per heavy atom. The highest BCUT2D eigenvalue weighted by Crippen LogP contribution is 2.09. The molecule has 4 nitrogen and oxygen atoms in total. The standard InChI is InChI=1S/C15H18N2O2S/c1-11-6-4-5-7-13(11)14(18)16-15-17(8-9-19-3)10-12(2)20-15/h4-7,10H,8-9H2,1-3H3/b16-15-. The molecule has 0 saturated heterocycles. The molecule has 0 N–H and O–H groups in total. The number of hydrogen-bond donors (Lipinski definition) is 0. The van der Waals surface area contributed by atoms with Crippen LogP contribution in [0.4, 0.5) is 0 Å². The quantitative estimate of drug-likeness (QED) is 0.868. The number of amides is 1. The minimum absolute atomic E-state index is 0.198. The van der Waals surface area contributed by atoms with E-state index in [2.05, 4.69) is 4.99 Å². The second-order valence-corrected chi connectivity index (χ2v) is 5.76. The van der Waals surface area contributed by atoms with Crippen LogP contribution in [0.1, 0.15) is 20.8 Å². The van der Waals surface area contributed by atoms with Gasteiger partial charge in [0.1, 0.15) is 0 Å². The number of benzene rings is 1. The van der Waals surface area contributed by atoms with Gasteiger partial charge in [0, 0.05) is 30.3 Å². The molecule has 0 bridgehead atoms. The normalized spacial score (nSPS) is 11.8. The Hall–Kier alpha value is -1.72. The number of thiazole rings is 1. The van der Waals surface area contributed by atoms with Gasteiger partial charge in [0.2, 0.25) is 0 Å². The van der Waals surface area contributed by atoms with Gasteiger partial charge in [-0.2, -0.15) is 4.99 Å². The first kappa shape index (κ1) is 14.7. The number of aromatic nitrogens is 1. The molecule has 1 heterocycles. The number of carbonyl (C=O) groups is 1. The second kappa shape index (κ2) is 6.63. The number of aryl methyl sites for hydroxylation is 2. The van der Waals surface area contributed by atoms with E-state index in [1.54, 1.807) is 13.2 Å². The van der Waals surface area contributed by atoms with Crippen LogP contribution in [0.5, 0.6) is 0 Å². The zero-order chi connectivity index (χ0) is 14.5. The summed E-state index contributed by atoms with van der Waals surface area (Å²) in [5, 5.41) is 0. The van der Waals surface area contributed by atoms with Crippen molar-refractivity contribution in [3.05, 3.63) is 51.3 Å². The van der Waals surface area contributed by atoms with Crippen molar-refractivity contribution in [2.75, 3.05) is 13.7 Å². The minimum atomic E-state index is -0.198. The van der Waals surface area contributed by atoms with Gasteiger partial charge in [-0.1, -0.05) is 18.2 Å². The highest BCUT2D eigenvalue weighted by Gasteiger charge is 2.08. The largest absolute Gasteiger partial charge is 0.383 e. The molecule has 1 aromatic heterocycles. The Morgan fingerprint density at radius 1 is 1.35 bits per heavy atom. The molecule has 0 unspecified atom stereocenters. The smallest absolute Gasteiger partial charge is 0.279 e. The summed E-state index contributed by atoms with van der Waals surface area (Å²) in [4.78, 5) is 18.4. The van der Waals surface area contributed by atoms with Crippen LogP contribution < -0.4 is 4.80 Å². The first-order valence-electron chi connectivity index (χ1n) is 6.42. The van der Waals surface area contributed by atoms with Gasteiger partial charge in [-0.15, -0.1) is 11.3 Å². The lowest BCUT2D eigenvalue weighted by Crippen LogP contribution is -2.18. The fourth-order valence-electron chi connectivity index (χ4n) is 1.90.